The molecule has 0 amide bonds. The molecule has 0 bridgehead atoms. The second-order valence-corrected chi connectivity index (χ2v) is 9.37. The Morgan fingerprint density at radius 3 is 2.79 bits per heavy atom. The summed E-state index contributed by atoms with van der Waals surface area (Å²) in [6, 6.07) is 0. The normalized spacial score (nSPS) is 30.8. The Balaban J connectivity index is 0.00000187. The van der Waals surface area contributed by atoms with Gasteiger partial charge in [-0.3, -0.25) is 4.79 Å². The number of rotatable bonds is 10. The van der Waals surface area contributed by atoms with E-state index in [2.05, 4.69) is 24.0 Å². The molecule has 3 unspecified atom stereocenters. The van der Waals surface area contributed by atoms with E-state index in [9.17, 15) is 9.59 Å². The first-order chi connectivity index (χ1) is 16.1. The van der Waals surface area contributed by atoms with Crippen molar-refractivity contribution < 1.29 is 24.2 Å². The third-order valence-corrected chi connectivity index (χ3v) is 7.06. The Labute approximate surface area is 200 Å². The zero-order chi connectivity index (χ0) is 24.1. The molecule has 2 saturated carbocycles. The molecule has 0 aromatic carbocycles. The number of allylic oxidation sites excluding steroid dienone is 3. The predicted molar refractivity (Wildman–Crippen MR) is 130 cm³/mol. The monoisotopic (exact) mass is 458 g/mol. The Morgan fingerprint density at radius 2 is 2.09 bits per heavy atom. The maximum Gasteiger partial charge on any atom is 0.159 e. The zero-order valence-corrected chi connectivity index (χ0v) is 20.6. The average molecular weight is 459 g/mol. The molecule has 1 heterocycles. The molecular formula is C28H42O5. The van der Waals surface area contributed by atoms with Crippen molar-refractivity contribution in [1.29, 1.82) is 0 Å². The van der Waals surface area contributed by atoms with E-state index in [1.165, 1.54) is 5.57 Å². The molecule has 5 nitrogen and oxygen atoms in total. The van der Waals surface area contributed by atoms with E-state index in [0.717, 1.165) is 71.4 Å². The first-order valence-corrected chi connectivity index (χ1v) is 12.6. The Morgan fingerprint density at radius 1 is 1.27 bits per heavy atom. The van der Waals surface area contributed by atoms with Crippen LogP contribution < -0.4 is 0 Å². The van der Waals surface area contributed by atoms with Crippen LogP contribution in [0, 0.1) is 35.5 Å². The first kappa shape index (κ1) is 27.5. The highest BCUT2D eigenvalue weighted by molar-refractivity contribution is 5.91. The molecule has 0 aromatic rings. The molecular weight excluding hydrogens is 416 g/mol. The van der Waals surface area contributed by atoms with Crippen molar-refractivity contribution in [3.05, 3.63) is 23.8 Å². The minimum Gasteiger partial charge on any atom is -0.400 e. The molecule has 184 valence electrons. The van der Waals surface area contributed by atoms with Gasteiger partial charge in [-0.05, 0) is 76.2 Å². The number of ketones is 1. The van der Waals surface area contributed by atoms with E-state index in [1.807, 2.05) is 13.8 Å². The summed E-state index contributed by atoms with van der Waals surface area (Å²) in [4.78, 5) is 23.2. The topological polar surface area (TPSA) is 72.8 Å². The number of carbonyl (C=O) groups is 2. The van der Waals surface area contributed by atoms with Crippen LogP contribution in [0.1, 0.15) is 78.1 Å². The lowest BCUT2D eigenvalue weighted by Crippen LogP contribution is -2.30. The van der Waals surface area contributed by atoms with E-state index < -0.39 is 0 Å². The van der Waals surface area contributed by atoms with Crippen LogP contribution in [0.15, 0.2) is 23.8 Å². The lowest BCUT2D eigenvalue weighted by Gasteiger charge is -2.29. The highest BCUT2D eigenvalue weighted by Crippen LogP contribution is 2.52. The van der Waals surface area contributed by atoms with Gasteiger partial charge in [-0.2, -0.15) is 0 Å². The van der Waals surface area contributed by atoms with Gasteiger partial charge in [-0.15, -0.1) is 11.8 Å². The lowest BCUT2D eigenvalue weighted by atomic mass is 9.89. The number of carbonyl (C=O) groups excluding carboxylic acids is 2. The van der Waals surface area contributed by atoms with Crippen molar-refractivity contribution in [2.75, 3.05) is 13.7 Å². The van der Waals surface area contributed by atoms with E-state index in [0.29, 0.717) is 24.7 Å². The van der Waals surface area contributed by atoms with Crippen LogP contribution in [0.2, 0.25) is 0 Å². The zero-order valence-electron chi connectivity index (χ0n) is 20.6. The number of aldehydes is 1. The third kappa shape index (κ3) is 8.52. The Kier molecular flexibility index (Phi) is 12.7. The summed E-state index contributed by atoms with van der Waals surface area (Å²) in [7, 11) is 1.00. The molecule has 3 aliphatic rings. The van der Waals surface area contributed by atoms with Gasteiger partial charge in [-0.25, -0.2) is 0 Å². The van der Waals surface area contributed by atoms with Crippen molar-refractivity contribution in [1.82, 2.24) is 0 Å². The minimum absolute atomic E-state index is 0.0706. The second kappa shape index (κ2) is 15.2. The van der Waals surface area contributed by atoms with Crippen LogP contribution in [0.5, 0.6) is 0 Å². The maximum absolute atomic E-state index is 12.6. The molecule has 3 rings (SSSR count). The highest BCUT2D eigenvalue weighted by Gasteiger charge is 2.47. The molecule has 0 aromatic heterocycles. The molecule has 0 spiro atoms. The summed E-state index contributed by atoms with van der Waals surface area (Å²) in [6.07, 6.45) is 17.0. The summed E-state index contributed by atoms with van der Waals surface area (Å²) in [5, 5.41) is 7.00. The smallest absolute Gasteiger partial charge is 0.159 e. The van der Waals surface area contributed by atoms with Gasteiger partial charge in [0.2, 0.25) is 0 Å². The van der Waals surface area contributed by atoms with Crippen LogP contribution >= 0.6 is 0 Å². The molecule has 1 saturated heterocycles. The number of fused-ring (bicyclic) bond motifs is 1. The van der Waals surface area contributed by atoms with Crippen LogP contribution in [0.25, 0.3) is 0 Å². The van der Waals surface area contributed by atoms with Crippen molar-refractivity contribution in [3.63, 3.8) is 0 Å². The van der Waals surface area contributed by atoms with Gasteiger partial charge in [0.05, 0.1) is 6.10 Å². The van der Waals surface area contributed by atoms with Crippen LogP contribution in [-0.2, 0) is 19.1 Å². The minimum atomic E-state index is -0.0960. The van der Waals surface area contributed by atoms with E-state index in [4.69, 9.17) is 14.6 Å². The van der Waals surface area contributed by atoms with Crippen LogP contribution in [0.3, 0.4) is 0 Å². The van der Waals surface area contributed by atoms with Gasteiger partial charge in [0.15, 0.2) is 12.1 Å². The molecule has 2 aliphatic carbocycles. The third-order valence-electron chi connectivity index (χ3n) is 7.06. The Hall–Kier alpha value is -1.74. The summed E-state index contributed by atoms with van der Waals surface area (Å²) in [5.41, 5.74) is 1.52. The highest BCUT2D eigenvalue weighted by atomic mass is 16.7. The number of unbranched alkanes of at least 4 members (excludes halogenated alkanes) is 2. The van der Waals surface area contributed by atoms with Gasteiger partial charge in [0, 0.05) is 38.4 Å². The summed E-state index contributed by atoms with van der Waals surface area (Å²) >= 11 is 0. The quantitative estimate of drug-likeness (QED) is 0.164. The number of hydrogen-bond acceptors (Lipinski definition) is 5. The Bertz CT molecular complexity index is 722. The second-order valence-electron chi connectivity index (χ2n) is 9.37. The van der Waals surface area contributed by atoms with Gasteiger partial charge < -0.3 is 19.4 Å². The molecule has 1 aliphatic heterocycles. The molecule has 1 N–H and O–H groups in total. The summed E-state index contributed by atoms with van der Waals surface area (Å²) in [6.45, 7) is 4.55. The molecule has 5 heteroatoms. The summed E-state index contributed by atoms with van der Waals surface area (Å²) < 4.78 is 12.3. The summed E-state index contributed by atoms with van der Waals surface area (Å²) in [5.74, 6) is 7.37. The SMILES string of the molecule is CC#CCC(C)C(=O)/C=C/C1[C@H]2C/C(=C/CCCC=O)C[C@H]2C[C@H]1OC1CCCCO1.CO. The van der Waals surface area contributed by atoms with Gasteiger partial charge >= 0.3 is 0 Å². The van der Waals surface area contributed by atoms with Crippen LogP contribution in [0.4, 0.5) is 0 Å². The molecule has 6 atom stereocenters. The van der Waals surface area contributed by atoms with Gasteiger partial charge in [0.25, 0.3) is 0 Å². The largest absolute Gasteiger partial charge is 0.400 e. The molecule has 0 radical (unpaired) electrons. The fourth-order valence-corrected chi connectivity index (χ4v) is 5.31. The van der Waals surface area contributed by atoms with E-state index >= 15 is 0 Å². The maximum atomic E-state index is 12.6. The standard InChI is InChI=1S/C27H38O4.CH4O/c1-3-4-10-20(2)25(29)14-13-23-24-18-21(11-6-5-8-15-28)17-22(24)19-26(23)31-27-12-7-9-16-30-27;1-2/h11,13-15,20,22-24,26-27H,5-10,12,16-19H2,1-2H3;2H,1H3/b14-13+,21-11+;/t20?,22-,23?,24-,26+,27?;/m0./s1. The lowest BCUT2D eigenvalue weighted by molar-refractivity contribution is -0.193. The van der Waals surface area contributed by atoms with Gasteiger partial charge in [0.1, 0.15) is 6.29 Å². The molecule has 33 heavy (non-hydrogen) atoms. The predicted octanol–water partition coefficient (Wildman–Crippen LogP) is 5.02. The van der Waals surface area contributed by atoms with Crippen molar-refractivity contribution in [3.8, 4) is 11.8 Å². The fourth-order valence-electron chi connectivity index (χ4n) is 5.31. The van der Waals surface area contributed by atoms with Crippen molar-refractivity contribution in [2.24, 2.45) is 23.7 Å². The van der Waals surface area contributed by atoms with Gasteiger partial charge in [-0.1, -0.05) is 24.6 Å². The molecule has 3 fully saturated rings. The van der Waals surface area contributed by atoms with Crippen molar-refractivity contribution >= 4 is 12.1 Å². The number of aliphatic hydroxyl groups is 1. The first-order valence-electron chi connectivity index (χ1n) is 12.6. The van der Waals surface area contributed by atoms with Crippen molar-refractivity contribution in [2.45, 2.75) is 90.4 Å². The number of ether oxygens (including phenoxy) is 2. The van der Waals surface area contributed by atoms with E-state index in [-0.39, 0.29) is 30.0 Å². The average Bonchev–Trinajstić information content (AvgIpc) is 3.37. The fraction of sp³-hybridized carbons (Fsp3) is 0.714. The van der Waals surface area contributed by atoms with E-state index in [1.54, 1.807) is 6.08 Å². The van der Waals surface area contributed by atoms with Crippen LogP contribution in [-0.4, -0.2) is 43.3 Å². The number of hydrogen-bond donors (Lipinski definition) is 1. The number of aliphatic hydroxyl groups excluding tert-OH is 1.